The average Bonchev–Trinajstić information content (AvgIpc) is 3.03. The predicted molar refractivity (Wildman–Crippen MR) is 85.9 cm³/mol. The Morgan fingerprint density at radius 2 is 1.75 bits per heavy atom. The van der Waals surface area contributed by atoms with Crippen molar-refractivity contribution in [2.75, 3.05) is 21.2 Å². The topological polar surface area (TPSA) is 86.0 Å². The lowest BCUT2D eigenvalue weighted by Gasteiger charge is -2.08. The summed E-state index contributed by atoms with van der Waals surface area (Å²) in [6, 6.07) is 9.62. The second kappa shape index (κ2) is 7.61. The van der Waals surface area contributed by atoms with E-state index in [1.165, 1.54) is 26.2 Å². The molecule has 8 heteroatoms. The van der Waals surface area contributed by atoms with E-state index in [1.807, 2.05) is 0 Å². The van der Waals surface area contributed by atoms with Gasteiger partial charge in [0.05, 0.1) is 12.2 Å². The molecule has 1 aromatic carbocycles. The Hall–Kier alpha value is -2.16. The third-order valence-electron chi connectivity index (χ3n) is 3.22. The van der Waals surface area contributed by atoms with E-state index in [9.17, 15) is 13.2 Å². The molecular formula is C16H19NO6S. The zero-order valence-electron chi connectivity index (χ0n) is 13.7. The van der Waals surface area contributed by atoms with Gasteiger partial charge in [-0.05, 0) is 29.8 Å². The Kier molecular flexibility index (Phi) is 5.76. The fourth-order valence-electron chi connectivity index (χ4n) is 1.88. The van der Waals surface area contributed by atoms with Crippen LogP contribution in [0.2, 0.25) is 0 Å². The fourth-order valence-corrected chi connectivity index (χ4v) is 2.69. The summed E-state index contributed by atoms with van der Waals surface area (Å²) in [7, 11) is 0.766. The molecule has 0 saturated heterocycles. The number of benzene rings is 1. The van der Waals surface area contributed by atoms with E-state index < -0.39 is 16.0 Å². The van der Waals surface area contributed by atoms with Crippen LogP contribution in [0.5, 0.6) is 0 Å². The van der Waals surface area contributed by atoms with Crippen LogP contribution < -0.4 is 0 Å². The molecule has 0 aliphatic heterocycles. The van der Waals surface area contributed by atoms with Crippen molar-refractivity contribution in [1.82, 2.24) is 4.31 Å². The van der Waals surface area contributed by atoms with Crippen LogP contribution in [0.3, 0.4) is 0 Å². The van der Waals surface area contributed by atoms with Crippen LogP contribution in [0.15, 0.2) is 45.9 Å². The van der Waals surface area contributed by atoms with E-state index in [1.54, 1.807) is 31.4 Å². The number of methoxy groups -OCH3 is 1. The number of carbonyl (C=O) groups excluding carboxylic acids is 1. The molecular weight excluding hydrogens is 334 g/mol. The highest BCUT2D eigenvalue weighted by molar-refractivity contribution is 7.88. The largest absolute Gasteiger partial charge is 0.454 e. The highest BCUT2D eigenvalue weighted by Crippen LogP contribution is 2.18. The smallest absolute Gasteiger partial charge is 0.338 e. The number of hydrogen-bond acceptors (Lipinski definition) is 6. The molecule has 7 nitrogen and oxygen atoms in total. The van der Waals surface area contributed by atoms with E-state index in [4.69, 9.17) is 13.9 Å². The molecule has 2 aromatic rings. The molecule has 0 fully saturated rings. The van der Waals surface area contributed by atoms with Gasteiger partial charge >= 0.3 is 5.97 Å². The first-order valence-corrected chi connectivity index (χ1v) is 8.55. The standard InChI is InChI=1S/C16H19NO6S/c1-17(2)24(19,20)15-9-8-14(23-15)11-22-16(18)13-6-4-12(5-7-13)10-21-3/h4-9H,10-11H2,1-3H3. The highest BCUT2D eigenvalue weighted by Gasteiger charge is 2.21. The molecule has 1 aromatic heterocycles. The number of furan rings is 1. The van der Waals surface area contributed by atoms with Crippen molar-refractivity contribution in [2.45, 2.75) is 18.3 Å². The van der Waals surface area contributed by atoms with Gasteiger partial charge in [0.2, 0.25) is 5.09 Å². The van der Waals surface area contributed by atoms with Crippen molar-refractivity contribution >= 4 is 16.0 Å². The minimum atomic E-state index is -3.64. The van der Waals surface area contributed by atoms with Crippen molar-refractivity contribution in [1.29, 1.82) is 0 Å². The molecule has 2 rings (SSSR count). The second-order valence-electron chi connectivity index (χ2n) is 5.21. The third-order valence-corrected chi connectivity index (χ3v) is 4.91. The zero-order chi connectivity index (χ0) is 17.7. The van der Waals surface area contributed by atoms with Gasteiger partial charge in [0.1, 0.15) is 12.4 Å². The third kappa shape index (κ3) is 4.22. The van der Waals surface area contributed by atoms with E-state index >= 15 is 0 Å². The van der Waals surface area contributed by atoms with Gasteiger partial charge in [-0.15, -0.1) is 0 Å². The number of carbonyl (C=O) groups is 1. The number of nitrogens with zero attached hydrogens (tertiary/aromatic N) is 1. The number of rotatable bonds is 7. The summed E-state index contributed by atoms with van der Waals surface area (Å²) < 4.78 is 40.2. The Balaban J connectivity index is 1.98. The molecule has 0 aliphatic rings. The van der Waals surface area contributed by atoms with Gasteiger partial charge < -0.3 is 13.9 Å². The number of esters is 1. The molecule has 0 atom stereocenters. The van der Waals surface area contributed by atoms with Gasteiger partial charge in [-0.2, -0.15) is 0 Å². The molecule has 0 aliphatic carbocycles. The Morgan fingerprint density at radius 3 is 2.33 bits per heavy atom. The summed E-state index contributed by atoms with van der Waals surface area (Å²) in [4.78, 5) is 12.0. The lowest BCUT2D eigenvalue weighted by atomic mass is 10.1. The quantitative estimate of drug-likeness (QED) is 0.708. The summed E-state index contributed by atoms with van der Waals surface area (Å²) in [5, 5.41) is -0.192. The summed E-state index contributed by atoms with van der Waals surface area (Å²) >= 11 is 0. The lowest BCUT2D eigenvalue weighted by Crippen LogP contribution is -2.21. The first-order valence-electron chi connectivity index (χ1n) is 7.11. The Morgan fingerprint density at radius 1 is 1.08 bits per heavy atom. The summed E-state index contributed by atoms with van der Waals surface area (Å²) in [6.07, 6.45) is 0. The minimum Gasteiger partial charge on any atom is -0.454 e. The van der Waals surface area contributed by atoms with Gasteiger partial charge in [-0.3, -0.25) is 0 Å². The van der Waals surface area contributed by atoms with Crippen molar-refractivity contribution in [3.63, 3.8) is 0 Å². The van der Waals surface area contributed by atoms with Crippen LogP contribution in [-0.4, -0.2) is 39.9 Å². The van der Waals surface area contributed by atoms with Crippen LogP contribution in [0.4, 0.5) is 0 Å². The van der Waals surface area contributed by atoms with Gasteiger partial charge in [0, 0.05) is 21.2 Å². The van der Waals surface area contributed by atoms with E-state index in [2.05, 4.69) is 0 Å². The molecule has 0 amide bonds. The van der Waals surface area contributed by atoms with Crippen molar-refractivity contribution < 1.29 is 27.1 Å². The SMILES string of the molecule is COCc1ccc(C(=O)OCc2ccc(S(=O)(=O)N(C)C)o2)cc1. The van der Waals surface area contributed by atoms with Gasteiger partial charge in [0.15, 0.2) is 0 Å². The molecule has 0 radical (unpaired) electrons. The molecule has 0 spiro atoms. The van der Waals surface area contributed by atoms with E-state index in [0.717, 1.165) is 9.87 Å². The lowest BCUT2D eigenvalue weighted by molar-refractivity contribution is 0.0440. The predicted octanol–water partition coefficient (Wildman–Crippen LogP) is 2.03. The van der Waals surface area contributed by atoms with Crippen LogP contribution in [0, 0.1) is 0 Å². The Bertz CT molecular complexity index is 792. The van der Waals surface area contributed by atoms with E-state index in [-0.39, 0.29) is 17.5 Å². The normalized spacial score (nSPS) is 11.7. The number of hydrogen-bond donors (Lipinski definition) is 0. The van der Waals surface area contributed by atoms with Gasteiger partial charge in [-0.25, -0.2) is 17.5 Å². The van der Waals surface area contributed by atoms with Crippen LogP contribution in [0.1, 0.15) is 21.7 Å². The molecule has 0 unspecified atom stereocenters. The second-order valence-corrected chi connectivity index (χ2v) is 7.30. The molecule has 0 bridgehead atoms. The fraction of sp³-hybridized carbons (Fsp3) is 0.312. The first-order chi connectivity index (χ1) is 11.3. The monoisotopic (exact) mass is 353 g/mol. The first kappa shape index (κ1) is 18.2. The van der Waals surface area contributed by atoms with Gasteiger partial charge in [-0.1, -0.05) is 12.1 Å². The maximum Gasteiger partial charge on any atom is 0.338 e. The van der Waals surface area contributed by atoms with Crippen LogP contribution in [-0.2, 0) is 32.7 Å². The van der Waals surface area contributed by atoms with Crippen LogP contribution >= 0.6 is 0 Å². The summed E-state index contributed by atoms with van der Waals surface area (Å²) in [5.41, 5.74) is 1.33. The minimum absolute atomic E-state index is 0.151. The van der Waals surface area contributed by atoms with Gasteiger partial charge in [0.25, 0.3) is 10.0 Å². The number of sulfonamides is 1. The van der Waals surface area contributed by atoms with E-state index in [0.29, 0.717) is 12.2 Å². The van der Waals surface area contributed by atoms with Crippen molar-refractivity contribution in [3.05, 3.63) is 53.3 Å². The molecule has 0 saturated carbocycles. The zero-order valence-corrected chi connectivity index (χ0v) is 14.5. The van der Waals surface area contributed by atoms with Crippen molar-refractivity contribution in [2.24, 2.45) is 0 Å². The summed E-state index contributed by atoms with van der Waals surface area (Å²) in [5.74, 6) is -0.271. The van der Waals surface area contributed by atoms with Crippen LogP contribution in [0.25, 0.3) is 0 Å². The number of ether oxygens (including phenoxy) is 2. The molecule has 1 heterocycles. The average molecular weight is 353 g/mol. The molecule has 24 heavy (non-hydrogen) atoms. The van der Waals surface area contributed by atoms with Crippen molar-refractivity contribution in [3.8, 4) is 0 Å². The molecule has 130 valence electrons. The highest BCUT2D eigenvalue weighted by atomic mass is 32.2. The Labute approximate surface area is 140 Å². The molecule has 0 N–H and O–H groups in total. The summed E-state index contributed by atoms with van der Waals surface area (Å²) in [6.45, 7) is 0.312. The maximum absolute atomic E-state index is 12.0. The maximum atomic E-state index is 12.0.